The van der Waals surface area contributed by atoms with Crippen LogP contribution in [0.15, 0.2) is 48.5 Å². The van der Waals surface area contributed by atoms with E-state index < -0.39 is 0 Å². The molecule has 0 unspecified atom stereocenters. The Kier molecular flexibility index (Phi) is 5.51. The molecule has 0 aliphatic carbocycles. The Balaban J connectivity index is 1.67. The summed E-state index contributed by atoms with van der Waals surface area (Å²) in [6.45, 7) is 4.57. The molecule has 2 aromatic carbocycles. The van der Waals surface area contributed by atoms with Crippen LogP contribution in [0.3, 0.4) is 0 Å². The van der Waals surface area contributed by atoms with Crippen molar-refractivity contribution in [3.63, 3.8) is 0 Å². The molecule has 0 atom stereocenters. The van der Waals surface area contributed by atoms with Gasteiger partial charge in [0.25, 0.3) is 0 Å². The van der Waals surface area contributed by atoms with Gasteiger partial charge in [0.05, 0.1) is 0 Å². The van der Waals surface area contributed by atoms with Gasteiger partial charge in [0.1, 0.15) is 13.2 Å². The van der Waals surface area contributed by atoms with Crippen molar-refractivity contribution in [2.75, 3.05) is 32.8 Å². The van der Waals surface area contributed by atoms with Crippen LogP contribution in [0, 0.1) is 0 Å². The SMILES string of the molecule is NCCN(CCc1ccccc1)Cc1cccc2c1OCCO2. The summed E-state index contributed by atoms with van der Waals surface area (Å²) < 4.78 is 11.5. The number of fused-ring (bicyclic) bond motifs is 1. The van der Waals surface area contributed by atoms with E-state index in [4.69, 9.17) is 15.2 Å². The number of nitrogens with zero attached hydrogens (tertiary/aromatic N) is 1. The molecule has 0 amide bonds. The lowest BCUT2D eigenvalue weighted by atomic mass is 10.1. The fraction of sp³-hybridized carbons (Fsp3) is 0.368. The highest BCUT2D eigenvalue weighted by Gasteiger charge is 2.17. The molecule has 3 rings (SSSR count). The minimum Gasteiger partial charge on any atom is -0.486 e. The van der Waals surface area contributed by atoms with Gasteiger partial charge in [0.15, 0.2) is 11.5 Å². The average Bonchev–Trinajstić information content (AvgIpc) is 2.61. The van der Waals surface area contributed by atoms with Crippen LogP contribution >= 0.6 is 0 Å². The third-order valence-corrected chi connectivity index (χ3v) is 4.05. The summed E-state index contributed by atoms with van der Waals surface area (Å²) in [6, 6.07) is 16.7. The molecule has 4 nitrogen and oxygen atoms in total. The van der Waals surface area contributed by atoms with Gasteiger partial charge in [-0.05, 0) is 18.1 Å². The summed E-state index contributed by atoms with van der Waals surface area (Å²) in [5.74, 6) is 1.74. The van der Waals surface area contributed by atoms with Gasteiger partial charge in [-0.25, -0.2) is 0 Å². The number of hydrogen-bond donors (Lipinski definition) is 1. The molecule has 2 aromatic rings. The molecule has 0 fully saturated rings. The topological polar surface area (TPSA) is 47.7 Å². The lowest BCUT2D eigenvalue weighted by molar-refractivity contribution is 0.166. The second-order valence-corrected chi connectivity index (χ2v) is 5.74. The second kappa shape index (κ2) is 7.99. The number of para-hydroxylation sites is 1. The summed E-state index contributed by atoms with van der Waals surface area (Å²) in [6.07, 6.45) is 1.02. The van der Waals surface area contributed by atoms with E-state index in [1.807, 2.05) is 12.1 Å². The van der Waals surface area contributed by atoms with Crippen molar-refractivity contribution in [1.29, 1.82) is 0 Å². The molecule has 122 valence electrons. The van der Waals surface area contributed by atoms with Gasteiger partial charge in [-0.15, -0.1) is 0 Å². The maximum Gasteiger partial charge on any atom is 0.165 e. The van der Waals surface area contributed by atoms with E-state index in [9.17, 15) is 0 Å². The monoisotopic (exact) mass is 312 g/mol. The first-order chi connectivity index (χ1) is 11.4. The zero-order valence-electron chi connectivity index (χ0n) is 13.4. The van der Waals surface area contributed by atoms with Gasteiger partial charge < -0.3 is 15.2 Å². The Morgan fingerprint density at radius 3 is 2.57 bits per heavy atom. The van der Waals surface area contributed by atoms with Gasteiger partial charge in [-0.3, -0.25) is 4.90 Å². The number of benzene rings is 2. The smallest absolute Gasteiger partial charge is 0.165 e. The van der Waals surface area contributed by atoms with E-state index in [0.29, 0.717) is 19.8 Å². The Hall–Kier alpha value is -2.04. The van der Waals surface area contributed by atoms with Crippen LogP contribution in [0.5, 0.6) is 11.5 Å². The van der Waals surface area contributed by atoms with E-state index in [1.54, 1.807) is 0 Å². The summed E-state index contributed by atoms with van der Waals surface area (Å²) in [4.78, 5) is 2.38. The average molecular weight is 312 g/mol. The van der Waals surface area contributed by atoms with Crippen LogP contribution < -0.4 is 15.2 Å². The molecule has 23 heavy (non-hydrogen) atoms. The van der Waals surface area contributed by atoms with Crippen LogP contribution in [0.4, 0.5) is 0 Å². The van der Waals surface area contributed by atoms with Crippen molar-refractivity contribution in [2.24, 2.45) is 5.73 Å². The predicted octanol–water partition coefficient (Wildman–Crippen LogP) is 2.46. The fourth-order valence-corrected chi connectivity index (χ4v) is 2.88. The Bertz CT molecular complexity index is 616. The molecular weight excluding hydrogens is 288 g/mol. The summed E-state index contributed by atoms with van der Waals surface area (Å²) in [5.41, 5.74) is 8.31. The molecular formula is C19H24N2O2. The lowest BCUT2D eigenvalue weighted by Crippen LogP contribution is -2.31. The van der Waals surface area contributed by atoms with Gasteiger partial charge in [0.2, 0.25) is 0 Å². The highest BCUT2D eigenvalue weighted by Crippen LogP contribution is 2.34. The molecule has 0 spiro atoms. The van der Waals surface area contributed by atoms with E-state index >= 15 is 0 Å². The first-order valence-electron chi connectivity index (χ1n) is 8.20. The van der Waals surface area contributed by atoms with E-state index in [-0.39, 0.29) is 0 Å². The van der Waals surface area contributed by atoms with E-state index in [2.05, 4.69) is 41.3 Å². The molecule has 0 bridgehead atoms. The van der Waals surface area contributed by atoms with Gasteiger partial charge in [-0.1, -0.05) is 42.5 Å². The molecule has 0 saturated carbocycles. The molecule has 0 saturated heterocycles. The zero-order chi connectivity index (χ0) is 15.9. The number of hydrogen-bond acceptors (Lipinski definition) is 4. The fourth-order valence-electron chi connectivity index (χ4n) is 2.88. The normalized spacial score (nSPS) is 13.3. The van der Waals surface area contributed by atoms with Crippen molar-refractivity contribution in [3.8, 4) is 11.5 Å². The van der Waals surface area contributed by atoms with Crippen LogP contribution in [-0.2, 0) is 13.0 Å². The maximum absolute atomic E-state index is 5.81. The molecule has 2 N–H and O–H groups in total. The molecule has 4 heteroatoms. The first-order valence-corrected chi connectivity index (χ1v) is 8.20. The Morgan fingerprint density at radius 2 is 1.74 bits per heavy atom. The van der Waals surface area contributed by atoms with Crippen molar-refractivity contribution in [1.82, 2.24) is 4.90 Å². The molecule has 1 aliphatic rings. The number of ether oxygens (including phenoxy) is 2. The highest BCUT2D eigenvalue weighted by atomic mass is 16.6. The molecule has 1 heterocycles. The van der Waals surface area contributed by atoms with E-state index in [0.717, 1.165) is 37.6 Å². The Labute approximate surface area is 137 Å². The summed E-state index contributed by atoms with van der Waals surface area (Å²) >= 11 is 0. The van der Waals surface area contributed by atoms with Gasteiger partial charge in [-0.2, -0.15) is 0 Å². The maximum atomic E-state index is 5.81. The minimum absolute atomic E-state index is 0.616. The third-order valence-electron chi connectivity index (χ3n) is 4.05. The third kappa shape index (κ3) is 4.24. The minimum atomic E-state index is 0.616. The van der Waals surface area contributed by atoms with Crippen LogP contribution in [0.25, 0.3) is 0 Å². The van der Waals surface area contributed by atoms with Crippen LogP contribution in [0.2, 0.25) is 0 Å². The molecule has 1 aliphatic heterocycles. The Morgan fingerprint density at radius 1 is 0.913 bits per heavy atom. The van der Waals surface area contributed by atoms with Gasteiger partial charge >= 0.3 is 0 Å². The van der Waals surface area contributed by atoms with Crippen molar-refractivity contribution >= 4 is 0 Å². The second-order valence-electron chi connectivity index (χ2n) is 5.74. The van der Waals surface area contributed by atoms with Crippen molar-refractivity contribution < 1.29 is 9.47 Å². The quantitative estimate of drug-likeness (QED) is 0.853. The standard InChI is InChI=1S/C19H24N2O2/c20-10-12-21(11-9-16-5-2-1-3-6-16)15-17-7-4-8-18-19(17)23-14-13-22-18/h1-8H,9-15,20H2. The number of rotatable bonds is 7. The first kappa shape index (κ1) is 15.8. The highest BCUT2D eigenvalue weighted by molar-refractivity contribution is 5.47. The molecule has 0 aromatic heterocycles. The predicted molar refractivity (Wildman–Crippen MR) is 91.9 cm³/mol. The van der Waals surface area contributed by atoms with E-state index in [1.165, 1.54) is 11.1 Å². The largest absolute Gasteiger partial charge is 0.486 e. The van der Waals surface area contributed by atoms with Crippen LogP contribution in [-0.4, -0.2) is 37.7 Å². The van der Waals surface area contributed by atoms with Crippen molar-refractivity contribution in [2.45, 2.75) is 13.0 Å². The van der Waals surface area contributed by atoms with Gasteiger partial charge in [0, 0.05) is 31.7 Å². The van der Waals surface area contributed by atoms with Crippen LogP contribution in [0.1, 0.15) is 11.1 Å². The zero-order valence-corrected chi connectivity index (χ0v) is 13.4. The number of nitrogens with two attached hydrogens (primary N) is 1. The summed E-state index contributed by atoms with van der Waals surface area (Å²) in [5, 5.41) is 0. The summed E-state index contributed by atoms with van der Waals surface area (Å²) in [7, 11) is 0. The molecule has 0 radical (unpaired) electrons. The van der Waals surface area contributed by atoms with Crippen molar-refractivity contribution in [3.05, 3.63) is 59.7 Å². The lowest BCUT2D eigenvalue weighted by Gasteiger charge is -2.25.